The quantitative estimate of drug-likeness (QED) is 0.0456. The van der Waals surface area contributed by atoms with Gasteiger partial charge in [0.1, 0.15) is 40.8 Å². The van der Waals surface area contributed by atoms with Crippen molar-refractivity contribution in [3.63, 3.8) is 0 Å². The van der Waals surface area contributed by atoms with Crippen molar-refractivity contribution >= 4 is 23.4 Å². The number of rotatable bonds is 18. The molecule has 0 radical (unpaired) electrons. The van der Waals surface area contributed by atoms with Crippen LogP contribution in [0.3, 0.4) is 0 Å². The molecule has 15 nitrogen and oxygen atoms in total. The second kappa shape index (κ2) is 18.1. The Morgan fingerprint density at radius 1 is 0.811 bits per heavy atom. The van der Waals surface area contributed by atoms with Gasteiger partial charge in [0.25, 0.3) is 5.69 Å². The van der Waals surface area contributed by atoms with Gasteiger partial charge in [-0.1, -0.05) is 53.7 Å². The first-order valence-corrected chi connectivity index (χ1v) is 16.6. The van der Waals surface area contributed by atoms with Crippen LogP contribution in [0.15, 0.2) is 103 Å². The molecular weight excluding hydrogens is 686 g/mol. The summed E-state index contributed by atoms with van der Waals surface area (Å²) in [6.07, 6.45) is 1.94. The van der Waals surface area contributed by atoms with Crippen molar-refractivity contribution in [1.29, 1.82) is 0 Å². The molecule has 0 aliphatic rings. The fourth-order valence-electron chi connectivity index (χ4n) is 5.48. The summed E-state index contributed by atoms with van der Waals surface area (Å²) < 4.78 is 34.8. The lowest BCUT2D eigenvalue weighted by molar-refractivity contribution is -0.383. The summed E-state index contributed by atoms with van der Waals surface area (Å²) in [6.45, 7) is 1.17. The fourth-order valence-corrected chi connectivity index (χ4v) is 5.48. The number of aryl methyl sites for hydroxylation is 1. The summed E-state index contributed by atoms with van der Waals surface area (Å²) in [6, 6.07) is 26.5. The minimum atomic E-state index is -1.69. The van der Waals surface area contributed by atoms with Crippen LogP contribution in [0.4, 0.5) is 16.2 Å². The number of carbonyl (C=O) groups is 2. The van der Waals surface area contributed by atoms with Crippen LogP contribution in [0.1, 0.15) is 40.0 Å². The van der Waals surface area contributed by atoms with E-state index >= 15 is 0 Å². The van der Waals surface area contributed by atoms with E-state index in [4.69, 9.17) is 28.4 Å². The van der Waals surface area contributed by atoms with Gasteiger partial charge < -0.3 is 28.4 Å². The SMILES string of the molecule is COCCOC(=O)c1ccccc1OCCCCn1cc(C(OC(=O)Nc2ccccc2[N+](=O)[O-])(c2ccc(OC)cc2)c2ccc(OC)cc2)nn1. The number of ether oxygens (including phenoxy) is 6. The van der Waals surface area contributed by atoms with Gasteiger partial charge in [-0.15, -0.1) is 5.10 Å². The normalized spacial score (nSPS) is 11.0. The van der Waals surface area contributed by atoms with Gasteiger partial charge in [-0.25, -0.2) is 9.59 Å². The minimum Gasteiger partial charge on any atom is -0.497 e. The third-order valence-corrected chi connectivity index (χ3v) is 8.14. The van der Waals surface area contributed by atoms with E-state index in [1.54, 1.807) is 89.7 Å². The molecule has 4 aromatic carbocycles. The van der Waals surface area contributed by atoms with Crippen molar-refractivity contribution in [2.24, 2.45) is 0 Å². The van der Waals surface area contributed by atoms with Gasteiger partial charge in [0.05, 0.1) is 38.6 Å². The fraction of sp³-hybridized carbons (Fsp3) is 0.263. The monoisotopic (exact) mass is 725 g/mol. The van der Waals surface area contributed by atoms with Crippen molar-refractivity contribution in [1.82, 2.24) is 15.0 Å². The van der Waals surface area contributed by atoms with Crippen LogP contribution in [0.2, 0.25) is 0 Å². The Morgan fingerprint density at radius 2 is 1.45 bits per heavy atom. The number of carbonyl (C=O) groups excluding carboxylic acids is 2. The lowest BCUT2D eigenvalue weighted by Crippen LogP contribution is -2.37. The first-order chi connectivity index (χ1) is 25.8. The van der Waals surface area contributed by atoms with Crippen LogP contribution >= 0.6 is 0 Å². The number of unbranched alkanes of at least 4 members (excludes halogenated alkanes) is 1. The zero-order valence-electron chi connectivity index (χ0n) is 29.4. The maximum Gasteiger partial charge on any atom is 0.413 e. The molecule has 5 aromatic rings. The molecule has 0 aliphatic heterocycles. The summed E-state index contributed by atoms with van der Waals surface area (Å²) >= 11 is 0. The number of benzene rings is 4. The Kier molecular flexibility index (Phi) is 12.9. The molecule has 1 heterocycles. The zero-order chi connectivity index (χ0) is 37.6. The van der Waals surface area contributed by atoms with Gasteiger partial charge in [0.15, 0.2) is 0 Å². The van der Waals surface area contributed by atoms with E-state index in [-0.39, 0.29) is 30.3 Å². The van der Waals surface area contributed by atoms with Crippen molar-refractivity contribution in [3.05, 3.63) is 136 Å². The van der Waals surface area contributed by atoms with Crippen LogP contribution in [0.5, 0.6) is 17.2 Å². The first-order valence-electron chi connectivity index (χ1n) is 16.6. The number of amides is 1. The van der Waals surface area contributed by atoms with E-state index < -0.39 is 22.6 Å². The molecule has 0 unspecified atom stereocenters. The second-order valence-electron chi connectivity index (χ2n) is 11.5. The molecule has 1 amide bonds. The molecule has 0 saturated carbocycles. The van der Waals surface area contributed by atoms with Crippen LogP contribution in [0.25, 0.3) is 0 Å². The number of esters is 1. The van der Waals surface area contributed by atoms with Crippen molar-refractivity contribution in [2.45, 2.75) is 25.0 Å². The van der Waals surface area contributed by atoms with Gasteiger partial charge in [-0.2, -0.15) is 0 Å². The number of nitrogens with zero attached hydrogens (tertiary/aromatic N) is 4. The average molecular weight is 726 g/mol. The highest BCUT2D eigenvalue weighted by Crippen LogP contribution is 2.41. The maximum absolute atomic E-state index is 13.8. The van der Waals surface area contributed by atoms with Gasteiger partial charge >= 0.3 is 12.1 Å². The van der Waals surface area contributed by atoms with Gasteiger partial charge in [-0.05, 0) is 55.3 Å². The van der Waals surface area contributed by atoms with Gasteiger partial charge in [-0.3, -0.25) is 20.1 Å². The molecular formula is C38H39N5O10. The first kappa shape index (κ1) is 37.8. The van der Waals surface area contributed by atoms with E-state index in [1.165, 1.54) is 39.5 Å². The van der Waals surface area contributed by atoms with E-state index in [2.05, 4.69) is 15.6 Å². The smallest absolute Gasteiger partial charge is 0.413 e. The molecule has 0 fully saturated rings. The third kappa shape index (κ3) is 9.25. The van der Waals surface area contributed by atoms with Crippen LogP contribution in [0, 0.1) is 10.1 Å². The predicted molar refractivity (Wildman–Crippen MR) is 192 cm³/mol. The molecule has 0 spiro atoms. The molecule has 53 heavy (non-hydrogen) atoms. The molecule has 0 atom stereocenters. The van der Waals surface area contributed by atoms with Crippen molar-refractivity contribution < 1.29 is 42.9 Å². The van der Waals surface area contributed by atoms with Crippen LogP contribution < -0.4 is 19.5 Å². The summed E-state index contributed by atoms with van der Waals surface area (Å²) in [4.78, 5) is 37.4. The molecule has 276 valence electrons. The van der Waals surface area contributed by atoms with Crippen molar-refractivity contribution in [3.8, 4) is 17.2 Å². The Morgan fingerprint density at radius 3 is 2.09 bits per heavy atom. The highest BCUT2D eigenvalue weighted by Gasteiger charge is 2.44. The van der Waals surface area contributed by atoms with Crippen LogP contribution in [-0.4, -0.2) is 73.1 Å². The van der Waals surface area contributed by atoms with E-state index in [1.807, 2.05) is 0 Å². The highest BCUT2D eigenvalue weighted by atomic mass is 16.6. The standard InChI is InChI=1S/C38H39N5O10/c1-48-24-25-52-36(44)31-10-4-7-13-34(31)51-23-9-8-22-42-26-35(40-41-42)38(27-14-18-29(49-2)19-15-27,28-16-20-30(50-3)21-17-28)53-37(45)39-32-11-5-6-12-33(32)43(46)47/h4-7,10-21,26H,8-9,22-25H2,1-3H3,(H,39,45). The lowest BCUT2D eigenvalue weighted by atomic mass is 9.83. The highest BCUT2D eigenvalue weighted by molar-refractivity contribution is 5.92. The number of nitro groups is 1. The number of para-hydroxylation sites is 3. The molecule has 0 bridgehead atoms. The van der Waals surface area contributed by atoms with Gasteiger partial charge in [0, 0.05) is 30.8 Å². The Labute approximate surface area is 305 Å². The average Bonchev–Trinajstić information content (AvgIpc) is 3.66. The third-order valence-electron chi connectivity index (χ3n) is 8.14. The molecule has 5 rings (SSSR count). The Balaban J connectivity index is 1.40. The van der Waals surface area contributed by atoms with E-state index in [0.29, 0.717) is 59.9 Å². The number of anilines is 1. The van der Waals surface area contributed by atoms with E-state index in [0.717, 1.165) is 0 Å². The lowest BCUT2D eigenvalue weighted by Gasteiger charge is -2.33. The molecule has 1 aromatic heterocycles. The maximum atomic E-state index is 13.8. The molecule has 15 heteroatoms. The summed E-state index contributed by atoms with van der Waals surface area (Å²) in [5.74, 6) is 1.05. The summed E-state index contributed by atoms with van der Waals surface area (Å²) in [7, 11) is 4.60. The minimum absolute atomic E-state index is 0.0441. The predicted octanol–water partition coefficient (Wildman–Crippen LogP) is 6.41. The number of hydrogen-bond acceptors (Lipinski definition) is 12. The Hall–Kier alpha value is -6.48. The Bertz CT molecular complexity index is 1930. The number of methoxy groups -OCH3 is 3. The summed E-state index contributed by atoms with van der Waals surface area (Å²) in [5, 5.41) is 23.1. The van der Waals surface area contributed by atoms with Crippen LogP contribution in [-0.2, 0) is 26.4 Å². The topological polar surface area (TPSA) is 175 Å². The molecule has 0 aliphatic carbocycles. The largest absolute Gasteiger partial charge is 0.497 e. The summed E-state index contributed by atoms with van der Waals surface area (Å²) in [5.41, 5.74) is -0.440. The zero-order valence-corrected chi connectivity index (χ0v) is 29.4. The number of hydrogen-bond donors (Lipinski definition) is 1. The number of nitro benzene ring substituents is 1. The molecule has 1 N–H and O–H groups in total. The molecule has 0 saturated heterocycles. The van der Waals surface area contributed by atoms with Gasteiger partial charge in [0.2, 0.25) is 5.60 Å². The number of nitrogens with one attached hydrogen (secondary N) is 1. The van der Waals surface area contributed by atoms with E-state index in [9.17, 15) is 19.7 Å². The number of aromatic nitrogens is 3. The van der Waals surface area contributed by atoms with Crippen molar-refractivity contribution in [2.75, 3.05) is 46.5 Å². The second-order valence-corrected chi connectivity index (χ2v) is 11.5.